The van der Waals surface area contributed by atoms with E-state index in [1.165, 1.54) is 18.7 Å². The SMILES string of the molecule is CC(=O)OCC1=C(C(=O)O)N2C(=O)[C@@H](NC(=O)C(=NO)c3c[se]c(N)n3)[C@H]2SC1.[NaH]. The quantitative estimate of drug-likeness (QED) is 0.0797. The molecule has 2 atom stereocenters. The molecule has 0 aromatic carbocycles. The Morgan fingerprint density at radius 2 is 2.20 bits per heavy atom. The van der Waals surface area contributed by atoms with Gasteiger partial charge in [0, 0.05) is 6.92 Å². The van der Waals surface area contributed by atoms with Gasteiger partial charge in [-0.05, 0) is 0 Å². The van der Waals surface area contributed by atoms with E-state index in [1.54, 1.807) is 4.94 Å². The maximum atomic E-state index is 12.5. The Balaban J connectivity index is 0.00000320. The van der Waals surface area contributed by atoms with E-state index >= 15 is 0 Å². The van der Waals surface area contributed by atoms with Crippen molar-refractivity contribution in [2.45, 2.75) is 18.3 Å². The number of hydrogen-bond acceptors (Lipinski definition) is 10. The number of fused-ring (bicyclic) bond motifs is 1. The normalized spacial score (nSPS) is 20.6. The van der Waals surface area contributed by atoms with E-state index in [-0.39, 0.29) is 79.1 Å². The third kappa shape index (κ3) is 4.74. The number of carboxylic acid groups (broad SMARTS) is 1. The van der Waals surface area contributed by atoms with Gasteiger partial charge in [-0.15, -0.1) is 0 Å². The van der Waals surface area contributed by atoms with Crippen LogP contribution in [-0.2, 0) is 23.9 Å². The topological polar surface area (TPSA) is 185 Å². The molecular weight excluding hydrogens is 496 g/mol. The van der Waals surface area contributed by atoms with Crippen LogP contribution in [0.2, 0.25) is 0 Å². The Kier molecular flexibility index (Phi) is 8.13. The summed E-state index contributed by atoms with van der Waals surface area (Å²) in [5, 5.41) is 23.4. The first kappa shape index (κ1) is 24.4. The van der Waals surface area contributed by atoms with E-state index < -0.39 is 35.2 Å². The van der Waals surface area contributed by atoms with Crippen LogP contribution in [0.25, 0.3) is 0 Å². The van der Waals surface area contributed by atoms with Gasteiger partial charge in [0.2, 0.25) is 0 Å². The van der Waals surface area contributed by atoms with Crippen molar-refractivity contribution in [3.05, 3.63) is 21.9 Å². The minimum absolute atomic E-state index is 0. The second kappa shape index (κ2) is 9.98. The molecule has 2 aliphatic rings. The van der Waals surface area contributed by atoms with Gasteiger partial charge in [-0.3, -0.25) is 4.79 Å². The Morgan fingerprint density at radius 3 is 2.73 bits per heavy atom. The molecule has 0 spiro atoms. The van der Waals surface area contributed by atoms with Crippen molar-refractivity contribution in [3.8, 4) is 0 Å². The molecular formula is C15H16N5NaO7SSe. The number of amides is 2. The number of nitrogens with one attached hydrogen (secondary N) is 1. The molecule has 0 unspecified atom stereocenters. The van der Waals surface area contributed by atoms with Gasteiger partial charge in [-0.25, -0.2) is 0 Å². The van der Waals surface area contributed by atoms with Gasteiger partial charge in [0.05, 0.1) is 0 Å². The third-order valence-corrected chi connectivity index (χ3v) is 6.82. The first-order chi connectivity index (χ1) is 13.7. The number of hydrogen-bond donors (Lipinski definition) is 4. The van der Waals surface area contributed by atoms with Crippen molar-refractivity contribution in [2.24, 2.45) is 5.16 Å². The number of anilines is 1. The van der Waals surface area contributed by atoms with Crippen LogP contribution in [0.1, 0.15) is 12.6 Å². The monoisotopic (exact) mass is 513 g/mol. The minimum atomic E-state index is -1.34. The van der Waals surface area contributed by atoms with Gasteiger partial charge in [0.1, 0.15) is 0 Å². The number of carbonyl (C=O) groups is 4. The molecule has 12 nitrogen and oxygen atoms in total. The van der Waals surface area contributed by atoms with Crippen LogP contribution in [-0.4, -0.2) is 117 Å². The number of β-lactam (4-membered cyclic amide) rings is 1. The Hall–Kier alpha value is -1.83. The third-order valence-electron chi connectivity index (χ3n) is 4.07. The molecule has 3 heterocycles. The van der Waals surface area contributed by atoms with Crippen molar-refractivity contribution in [2.75, 3.05) is 18.1 Å². The van der Waals surface area contributed by atoms with Crippen molar-refractivity contribution in [1.29, 1.82) is 0 Å². The molecule has 2 aliphatic heterocycles. The number of aromatic nitrogens is 1. The fourth-order valence-electron chi connectivity index (χ4n) is 2.80. The zero-order valence-electron chi connectivity index (χ0n) is 14.8. The first-order valence-corrected chi connectivity index (χ1v) is 10.9. The molecule has 5 N–H and O–H groups in total. The average Bonchev–Trinajstić information content (AvgIpc) is 3.09. The summed E-state index contributed by atoms with van der Waals surface area (Å²) < 4.78 is 5.17. The average molecular weight is 512 g/mol. The second-order valence-corrected chi connectivity index (χ2v) is 8.89. The predicted octanol–water partition coefficient (Wildman–Crippen LogP) is -2.45. The number of aliphatic carboxylic acids is 1. The van der Waals surface area contributed by atoms with E-state index in [1.807, 2.05) is 0 Å². The zero-order valence-corrected chi connectivity index (χ0v) is 17.3. The number of esters is 1. The van der Waals surface area contributed by atoms with E-state index in [9.17, 15) is 24.3 Å². The van der Waals surface area contributed by atoms with Gasteiger partial charge in [0.15, 0.2) is 0 Å². The number of ether oxygens (including phenoxy) is 1. The molecule has 0 radical (unpaired) electrons. The number of carbonyl (C=O) groups excluding carboxylic acids is 3. The molecule has 1 aromatic heterocycles. The van der Waals surface area contributed by atoms with Crippen molar-refractivity contribution >= 4 is 90.0 Å². The summed E-state index contributed by atoms with van der Waals surface area (Å²) in [6, 6.07) is -1.01. The molecule has 1 fully saturated rings. The summed E-state index contributed by atoms with van der Waals surface area (Å²) in [4.78, 5) is 54.2. The Bertz CT molecular complexity index is 965. The van der Waals surface area contributed by atoms with Crippen LogP contribution >= 0.6 is 11.8 Å². The first-order valence-electron chi connectivity index (χ1n) is 8.02. The summed E-state index contributed by atoms with van der Waals surface area (Å²) in [5.74, 6) is -3.19. The number of oxime groups is 1. The maximum absolute atomic E-state index is 12.5. The van der Waals surface area contributed by atoms with Gasteiger partial charge in [0.25, 0.3) is 0 Å². The van der Waals surface area contributed by atoms with Crippen LogP contribution in [0, 0.1) is 0 Å². The number of nitrogen functional groups attached to an aromatic ring is 1. The zero-order chi connectivity index (χ0) is 21.3. The predicted molar refractivity (Wildman–Crippen MR) is 107 cm³/mol. The molecule has 0 bridgehead atoms. The van der Waals surface area contributed by atoms with Gasteiger partial charge < -0.3 is 0 Å². The van der Waals surface area contributed by atoms with E-state index in [2.05, 4.69) is 15.5 Å². The van der Waals surface area contributed by atoms with Crippen LogP contribution in [0.15, 0.2) is 21.4 Å². The number of rotatable bonds is 6. The van der Waals surface area contributed by atoms with E-state index in [0.717, 1.165) is 4.90 Å². The van der Waals surface area contributed by atoms with Gasteiger partial charge in [-0.1, -0.05) is 0 Å². The number of nitrogens with zero attached hydrogens (tertiary/aromatic N) is 3. The molecule has 2 amide bonds. The number of thioether (sulfide) groups is 1. The molecule has 1 saturated heterocycles. The summed E-state index contributed by atoms with van der Waals surface area (Å²) >= 11 is 0.960. The molecule has 30 heavy (non-hydrogen) atoms. The number of nitrogens with two attached hydrogens (primary N) is 1. The van der Waals surface area contributed by atoms with Crippen LogP contribution in [0.4, 0.5) is 4.69 Å². The van der Waals surface area contributed by atoms with Crippen molar-refractivity contribution in [1.82, 2.24) is 15.2 Å². The summed E-state index contributed by atoms with van der Waals surface area (Å²) in [5.41, 5.74) is 5.31. The summed E-state index contributed by atoms with van der Waals surface area (Å²) in [6.45, 7) is 0.952. The van der Waals surface area contributed by atoms with Crippen molar-refractivity contribution in [3.63, 3.8) is 0 Å². The fraction of sp³-hybridized carbons (Fsp3) is 0.333. The van der Waals surface area contributed by atoms with E-state index in [0.29, 0.717) is 4.69 Å². The number of carboxylic acids is 1. The summed E-state index contributed by atoms with van der Waals surface area (Å²) in [7, 11) is 0. The molecule has 0 aliphatic carbocycles. The van der Waals surface area contributed by atoms with E-state index in [4.69, 9.17) is 15.7 Å². The van der Waals surface area contributed by atoms with Crippen LogP contribution < -0.4 is 11.1 Å². The Morgan fingerprint density at radius 1 is 1.50 bits per heavy atom. The molecule has 1 aromatic rings. The van der Waals surface area contributed by atoms with Crippen molar-refractivity contribution < 1.29 is 34.2 Å². The fourth-order valence-corrected chi connectivity index (χ4v) is 5.28. The molecule has 156 valence electrons. The summed E-state index contributed by atoms with van der Waals surface area (Å²) in [6.07, 6.45) is 0. The standard InChI is InChI=1S/C15H15N5O7SSe.Na.H/c1-5(21)27-2-6-3-28-13-9(12(23)20(13)10(6)14(24)25)18-11(22)8(19-26)7-4-29-15(16)17-7;;/h4,9,13,26H,2-3H2,1H3,(H2,16,17)(H,18,22)(H,24,25);;/t9-,13-;;/m1../s1. The molecule has 3 rings (SSSR count). The van der Waals surface area contributed by atoms with Crippen LogP contribution in [0.3, 0.4) is 0 Å². The molecule has 15 heteroatoms. The van der Waals surface area contributed by atoms with Gasteiger partial charge >= 0.3 is 191 Å². The Labute approximate surface area is 201 Å². The second-order valence-electron chi connectivity index (χ2n) is 5.92. The molecule has 0 saturated carbocycles. The van der Waals surface area contributed by atoms with Crippen LogP contribution in [0.5, 0.6) is 0 Å². The van der Waals surface area contributed by atoms with Gasteiger partial charge in [-0.2, -0.15) is 0 Å².